The van der Waals surface area contributed by atoms with Gasteiger partial charge in [0.1, 0.15) is 0 Å². The molecule has 0 aliphatic carbocycles. The van der Waals surface area contributed by atoms with Crippen LogP contribution in [0.15, 0.2) is 0 Å². The summed E-state index contributed by atoms with van der Waals surface area (Å²) in [5.74, 6) is -0.149. The van der Waals surface area contributed by atoms with Crippen LogP contribution in [-0.2, 0) is 4.79 Å². The average Bonchev–Trinajstić information content (AvgIpc) is 2.13. The molecule has 4 nitrogen and oxygen atoms in total. The van der Waals surface area contributed by atoms with Crippen LogP contribution in [0, 0.1) is 5.41 Å². The standard InChI is InChI=1S/C9H20N2O2/c1-4-7(10)8(13)11-5-9(2,3)6-12/h7,12H,4-6,10H2,1-3H3,(H,11,13). The minimum atomic E-state index is -0.436. The van der Waals surface area contributed by atoms with Crippen molar-refractivity contribution in [2.75, 3.05) is 13.2 Å². The molecule has 0 saturated carbocycles. The van der Waals surface area contributed by atoms with Crippen LogP contribution >= 0.6 is 0 Å². The Morgan fingerprint density at radius 1 is 1.62 bits per heavy atom. The van der Waals surface area contributed by atoms with Crippen molar-refractivity contribution in [2.24, 2.45) is 11.1 Å². The second kappa shape index (κ2) is 5.19. The topological polar surface area (TPSA) is 75.4 Å². The van der Waals surface area contributed by atoms with E-state index in [0.717, 1.165) is 0 Å². The van der Waals surface area contributed by atoms with Gasteiger partial charge in [0.05, 0.1) is 6.04 Å². The lowest BCUT2D eigenvalue weighted by Crippen LogP contribution is -2.44. The molecule has 0 aromatic carbocycles. The summed E-state index contributed by atoms with van der Waals surface area (Å²) in [5.41, 5.74) is 5.24. The number of aliphatic hydroxyl groups excluding tert-OH is 1. The van der Waals surface area contributed by atoms with Crippen LogP contribution in [0.5, 0.6) is 0 Å². The van der Waals surface area contributed by atoms with E-state index in [9.17, 15) is 4.79 Å². The van der Waals surface area contributed by atoms with E-state index >= 15 is 0 Å². The molecule has 0 radical (unpaired) electrons. The fraction of sp³-hybridized carbons (Fsp3) is 0.889. The Kier molecular flexibility index (Phi) is 4.95. The van der Waals surface area contributed by atoms with Crippen LogP contribution in [0.4, 0.5) is 0 Å². The summed E-state index contributed by atoms with van der Waals surface area (Å²) in [6, 6.07) is -0.436. The minimum absolute atomic E-state index is 0.0502. The van der Waals surface area contributed by atoms with Crippen molar-refractivity contribution in [3.63, 3.8) is 0 Å². The molecule has 4 heteroatoms. The first-order valence-corrected chi connectivity index (χ1v) is 4.57. The second-order valence-corrected chi connectivity index (χ2v) is 4.05. The molecule has 4 N–H and O–H groups in total. The Labute approximate surface area is 79.5 Å². The molecule has 0 heterocycles. The molecule has 0 bridgehead atoms. The number of nitrogens with two attached hydrogens (primary N) is 1. The number of amides is 1. The lowest BCUT2D eigenvalue weighted by atomic mass is 9.95. The van der Waals surface area contributed by atoms with Gasteiger partial charge in [0.15, 0.2) is 0 Å². The summed E-state index contributed by atoms with van der Waals surface area (Å²) in [6.07, 6.45) is 0.630. The van der Waals surface area contributed by atoms with Gasteiger partial charge in [-0.3, -0.25) is 4.79 Å². The molecule has 0 rings (SSSR count). The lowest BCUT2D eigenvalue weighted by Gasteiger charge is -2.22. The maximum atomic E-state index is 11.2. The van der Waals surface area contributed by atoms with Crippen LogP contribution in [0.2, 0.25) is 0 Å². The normalized spacial score (nSPS) is 13.9. The van der Waals surface area contributed by atoms with E-state index < -0.39 is 6.04 Å². The summed E-state index contributed by atoms with van der Waals surface area (Å²) < 4.78 is 0. The van der Waals surface area contributed by atoms with Gasteiger partial charge in [-0.1, -0.05) is 20.8 Å². The van der Waals surface area contributed by atoms with Gasteiger partial charge in [-0.25, -0.2) is 0 Å². The van der Waals surface area contributed by atoms with Gasteiger partial charge in [0, 0.05) is 18.6 Å². The third-order valence-corrected chi connectivity index (χ3v) is 1.95. The summed E-state index contributed by atoms with van der Waals surface area (Å²) in [7, 11) is 0. The van der Waals surface area contributed by atoms with Crippen LogP contribution in [-0.4, -0.2) is 30.2 Å². The monoisotopic (exact) mass is 188 g/mol. The first-order valence-electron chi connectivity index (χ1n) is 4.57. The molecule has 1 atom stereocenters. The summed E-state index contributed by atoms with van der Waals surface area (Å²) >= 11 is 0. The molecule has 1 amide bonds. The molecule has 0 fully saturated rings. The number of hydrogen-bond acceptors (Lipinski definition) is 3. The molecular formula is C9H20N2O2. The summed E-state index contributed by atoms with van der Waals surface area (Å²) in [6.45, 7) is 6.13. The molecule has 0 aromatic heterocycles. The highest BCUT2D eigenvalue weighted by atomic mass is 16.3. The lowest BCUT2D eigenvalue weighted by molar-refractivity contribution is -0.122. The van der Waals surface area contributed by atoms with E-state index in [1.807, 2.05) is 20.8 Å². The smallest absolute Gasteiger partial charge is 0.236 e. The minimum Gasteiger partial charge on any atom is -0.396 e. The molecule has 0 spiro atoms. The molecule has 0 aliphatic heterocycles. The number of nitrogens with one attached hydrogen (secondary N) is 1. The molecule has 0 aliphatic rings. The fourth-order valence-corrected chi connectivity index (χ4v) is 0.699. The molecule has 1 unspecified atom stereocenters. The van der Waals surface area contributed by atoms with Crippen molar-refractivity contribution in [1.82, 2.24) is 5.32 Å². The van der Waals surface area contributed by atoms with Gasteiger partial charge in [-0.2, -0.15) is 0 Å². The largest absolute Gasteiger partial charge is 0.396 e. The number of hydrogen-bond donors (Lipinski definition) is 3. The number of rotatable bonds is 5. The summed E-state index contributed by atoms with van der Waals surface area (Å²) in [4.78, 5) is 11.2. The van der Waals surface area contributed by atoms with Gasteiger partial charge >= 0.3 is 0 Å². The highest BCUT2D eigenvalue weighted by Gasteiger charge is 2.19. The van der Waals surface area contributed by atoms with E-state index in [4.69, 9.17) is 10.8 Å². The van der Waals surface area contributed by atoms with Crippen LogP contribution in [0.25, 0.3) is 0 Å². The maximum Gasteiger partial charge on any atom is 0.236 e. The predicted molar refractivity (Wildman–Crippen MR) is 52.1 cm³/mol. The van der Waals surface area contributed by atoms with Crippen LogP contribution in [0.1, 0.15) is 27.2 Å². The van der Waals surface area contributed by atoms with Gasteiger partial charge in [-0.15, -0.1) is 0 Å². The quantitative estimate of drug-likeness (QED) is 0.562. The molecule has 0 aromatic rings. The van der Waals surface area contributed by atoms with Gasteiger partial charge in [0.25, 0.3) is 0 Å². The highest BCUT2D eigenvalue weighted by molar-refractivity contribution is 5.81. The highest BCUT2D eigenvalue weighted by Crippen LogP contribution is 2.11. The molecule has 13 heavy (non-hydrogen) atoms. The Bertz CT molecular complexity index is 169. The van der Waals surface area contributed by atoms with Crippen molar-refractivity contribution in [3.8, 4) is 0 Å². The predicted octanol–water partition coefficient (Wildman–Crippen LogP) is -0.142. The van der Waals surface area contributed by atoms with Crippen molar-refractivity contribution in [3.05, 3.63) is 0 Å². The molecular weight excluding hydrogens is 168 g/mol. The molecule has 0 saturated heterocycles. The van der Waals surface area contributed by atoms with Crippen molar-refractivity contribution >= 4 is 5.91 Å². The first kappa shape index (κ1) is 12.4. The van der Waals surface area contributed by atoms with Crippen LogP contribution < -0.4 is 11.1 Å². The van der Waals surface area contributed by atoms with E-state index in [1.54, 1.807) is 0 Å². The van der Waals surface area contributed by atoms with E-state index in [2.05, 4.69) is 5.32 Å². The third kappa shape index (κ3) is 4.85. The van der Waals surface area contributed by atoms with Crippen molar-refractivity contribution < 1.29 is 9.90 Å². The zero-order valence-corrected chi connectivity index (χ0v) is 8.63. The van der Waals surface area contributed by atoms with E-state index in [-0.39, 0.29) is 17.9 Å². The van der Waals surface area contributed by atoms with Gasteiger partial charge < -0.3 is 16.2 Å². The van der Waals surface area contributed by atoms with E-state index in [1.165, 1.54) is 0 Å². The summed E-state index contributed by atoms with van der Waals surface area (Å²) in [5, 5.41) is 11.6. The van der Waals surface area contributed by atoms with Gasteiger partial charge in [0.2, 0.25) is 5.91 Å². The Morgan fingerprint density at radius 2 is 2.15 bits per heavy atom. The fourth-order valence-electron chi connectivity index (χ4n) is 0.699. The SMILES string of the molecule is CCC(N)C(=O)NCC(C)(C)CO. The molecule has 78 valence electrons. The van der Waals surface area contributed by atoms with E-state index in [0.29, 0.717) is 13.0 Å². The number of carbonyl (C=O) groups excluding carboxylic acids is 1. The van der Waals surface area contributed by atoms with Crippen molar-refractivity contribution in [2.45, 2.75) is 33.2 Å². The maximum absolute atomic E-state index is 11.2. The Balaban J connectivity index is 3.83. The number of carbonyl (C=O) groups is 1. The zero-order valence-electron chi connectivity index (χ0n) is 8.63. The third-order valence-electron chi connectivity index (χ3n) is 1.95. The average molecular weight is 188 g/mol. The second-order valence-electron chi connectivity index (χ2n) is 4.05. The Hall–Kier alpha value is -0.610. The number of aliphatic hydroxyl groups is 1. The zero-order chi connectivity index (χ0) is 10.5. The first-order chi connectivity index (χ1) is 5.93. The van der Waals surface area contributed by atoms with Crippen molar-refractivity contribution in [1.29, 1.82) is 0 Å². The van der Waals surface area contributed by atoms with Crippen LogP contribution in [0.3, 0.4) is 0 Å². The van der Waals surface area contributed by atoms with Gasteiger partial charge in [-0.05, 0) is 6.42 Å². The Morgan fingerprint density at radius 3 is 2.54 bits per heavy atom.